The van der Waals surface area contributed by atoms with Crippen molar-refractivity contribution in [3.63, 3.8) is 0 Å². The fraction of sp³-hybridized carbons (Fsp3) is 0.381. The smallest absolute Gasteiger partial charge is 0.224 e. The molecule has 1 aliphatic rings. The molecule has 1 aromatic carbocycles. The van der Waals surface area contributed by atoms with Crippen LogP contribution in [-0.4, -0.2) is 31.0 Å². The van der Waals surface area contributed by atoms with Gasteiger partial charge in [0.1, 0.15) is 0 Å². The Hall–Kier alpha value is -2.74. The first kappa shape index (κ1) is 21.0. The van der Waals surface area contributed by atoms with Crippen LogP contribution in [0.5, 0.6) is 0 Å². The van der Waals surface area contributed by atoms with E-state index in [1.807, 2.05) is 12.1 Å². The lowest BCUT2D eigenvalue weighted by atomic mass is 10.1. The van der Waals surface area contributed by atoms with Crippen molar-refractivity contribution < 1.29 is 18.0 Å². The molecule has 8 heteroatoms. The molecule has 2 amide bonds. The number of hydrogen-bond donors (Lipinski definition) is 2. The molecule has 2 heterocycles. The maximum absolute atomic E-state index is 12.6. The first-order valence-corrected chi connectivity index (χ1v) is 11.4. The number of nitrogens with one attached hydrogen (secondary N) is 2. The molecule has 7 nitrogen and oxygen atoms in total. The number of sulfone groups is 1. The average molecular weight is 416 g/mol. The highest BCUT2D eigenvalue weighted by Crippen LogP contribution is 2.26. The molecule has 0 spiro atoms. The molecule has 154 valence electrons. The summed E-state index contributed by atoms with van der Waals surface area (Å²) in [4.78, 5) is 27.7. The molecule has 0 bridgehead atoms. The predicted molar refractivity (Wildman–Crippen MR) is 110 cm³/mol. The molecule has 2 aromatic rings. The van der Waals surface area contributed by atoms with Gasteiger partial charge in [-0.25, -0.2) is 8.42 Å². The van der Waals surface area contributed by atoms with Crippen LogP contribution in [0.2, 0.25) is 0 Å². The highest BCUT2D eigenvalue weighted by molar-refractivity contribution is 7.91. The first-order valence-electron chi connectivity index (χ1n) is 9.75. The zero-order chi connectivity index (χ0) is 20.7. The van der Waals surface area contributed by atoms with Crippen LogP contribution >= 0.6 is 0 Å². The maximum atomic E-state index is 12.6. The molecule has 1 aliphatic heterocycles. The number of amides is 2. The third-order valence-corrected chi connectivity index (χ3v) is 6.66. The number of unbranched alkanes of at least 4 members (excludes halogenated alkanes) is 1. The van der Waals surface area contributed by atoms with Crippen molar-refractivity contribution in [1.82, 2.24) is 10.3 Å². The van der Waals surface area contributed by atoms with Crippen LogP contribution in [0, 0.1) is 0 Å². The number of nitrogens with zero attached hydrogens (tertiary/aromatic N) is 1. The van der Waals surface area contributed by atoms with Gasteiger partial charge in [0.25, 0.3) is 0 Å². The number of hydrogen-bond acceptors (Lipinski definition) is 5. The van der Waals surface area contributed by atoms with Crippen molar-refractivity contribution >= 4 is 27.3 Å². The minimum absolute atomic E-state index is 0.00419. The molecule has 0 saturated heterocycles. The lowest BCUT2D eigenvalue weighted by molar-refractivity contribution is -0.121. The van der Waals surface area contributed by atoms with Gasteiger partial charge in [0.15, 0.2) is 9.84 Å². The van der Waals surface area contributed by atoms with Gasteiger partial charge in [-0.1, -0.05) is 0 Å². The molecule has 29 heavy (non-hydrogen) atoms. The van der Waals surface area contributed by atoms with E-state index < -0.39 is 9.84 Å². The number of aryl methyl sites for hydroxylation is 1. The lowest BCUT2D eigenvalue weighted by Crippen LogP contribution is -2.22. The van der Waals surface area contributed by atoms with E-state index >= 15 is 0 Å². The Morgan fingerprint density at radius 1 is 1.10 bits per heavy atom. The Labute approximate surface area is 170 Å². The summed E-state index contributed by atoms with van der Waals surface area (Å²) in [6, 6.07) is 8.54. The van der Waals surface area contributed by atoms with E-state index in [2.05, 4.69) is 15.6 Å². The highest BCUT2D eigenvalue weighted by atomic mass is 32.2. The third kappa shape index (κ3) is 6.12. The Kier molecular flexibility index (Phi) is 6.98. The molecule has 3 rings (SSSR count). The minimum Gasteiger partial charge on any atom is -0.352 e. The molecule has 0 fully saturated rings. The zero-order valence-electron chi connectivity index (χ0n) is 16.2. The number of fused-ring (bicyclic) bond motifs is 1. The predicted octanol–water partition coefficient (Wildman–Crippen LogP) is 2.62. The summed E-state index contributed by atoms with van der Waals surface area (Å²) in [5, 5.41) is 5.63. The van der Waals surface area contributed by atoms with Crippen molar-refractivity contribution in [3.8, 4) is 0 Å². The molecule has 0 aliphatic carbocycles. The summed E-state index contributed by atoms with van der Waals surface area (Å²) in [7, 11) is -3.42. The highest BCUT2D eigenvalue weighted by Gasteiger charge is 2.19. The summed E-state index contributed by atoms with van der Waals surface area (Å²) in [5.74, 6) is -0.142. The van der Waals surface area contributed by atoms with Gasteiger partial charge in [0, 0.05) is 37.5 Å². The summed E-state index contributed by atoms with van der Waals surface area (Å²) in [6.07, 6.45) is 6.37. The van der Waals surface area contributed by atoms with Gasteiger partial charge >= 0.3 is 0 Å². The molecular weight excluding hydrogens is 390 g/mol. The Morgan fingerprint density at radius 2 is 1.90 bits per heavy atom. The van der Waals surface area contributed by atoms with Crippen molar-refractivity contribution in [3.05, 3.63) is 53.9 Å². The number of pyridine rings is 1. The van der Waals surface area contributed by atoms with Crippen molar-refractivity contribution in [1.29, 1.82) is 0 Å². The maximum Gasteiger partial charge on any atom is 0.224 e. The number of anilines is 1. The number of benzene rings is 1. The summed E-state index contributed by atoms with van der Waals surface area (Å²) >= 11 is 0. The number of carbonyl (C=O) groups is 2. The second kappa shape index (κ2) is 9.65. The molecule has 1 aromatic heterocycles. The van der Waals surface area contributed by atoms with E-state index in [0.717, 1.165) is 11.1 Å². The molecule has 2 N–H and O–H groups in total. The second-order valence-corrected chi connectivity index (χ2v) is 9.24. The lowest BCUT2D eigenvalue weighted by Gasteiger charge is -2.10. The minimum atomic E-state index is -3.42. The van der Waals surface area contributed by atoms with Crippen LogP contribution in [0.3, 0.4) is 0 Å². The second-order valence-electron chi connectivity index (χ2n) is 7.13. The van der Waals surface area contributed by atoms with Gasteiger partial charge in [0.2, 0.25) is 11.8 Å². The fourth-order valence-corrected chi connectivity index (χ4v) is 4.65. The van der Waals surface area contributed by atoms with Gasteiger partial charge in [-0.05, 0) is 67.1 Å². The first-order chi connectivity index (χ1) is 13.9. The number of aromatic nitrogens is 1. The Bertz CT molecular complexity index is 975. The van der Waals surface area contributed by atoms with E-state index in [1.54, 1.807) is 30.6 Å². The monoisotopic (exact) mass is 415 g/mol. The van der Waals surface area contributed by atoms with Crippen molar-refractivity contribution in [2.45, 2.75) is 50.0 Å². The van der Waals surface area contributed by atoms with Crippen LogP contribution < -0.4 is 10.6 Å². The largest absolute Gasteiger partial charge is 0.352 e. The Morgan fingerprint density at radius 3 is 2.69 bits per heavy atom. The quantitative estimate of drug-likeness (QED) is 0.645. The summed E-state index contributed by atoms with van der Waals surface area (Å²) < 4.78 is 25.3. The van der Waals surface area contributed by atoms with Crippen molar-refractivity contribution in [2.24, 2.45) is 0 Å². The van der Waals surface area contributed by atoms with E-state index in [1.165, 1.54) is 0 Å². The number of rotatable bonds is 8. The molecule has 0 atom stereocenters. The van der Waals surface area contributed by atoms with Gasteiger partial charge in [-0.15, -0.1) is 0 Å². The van der Waals surface area contributed by atoms with E-state index in [0.29, 0.717) is 44.3 Å². The van der Waals surface area contributed by atoms with Gasteiger partial charge in [0.05, 0.1) is 10.6 Å². The molecular formula is C21H25N3O4S. The van der Waals surface area contributed by atoms with Crippen LogP contribution in [0.4, 0.5) is 5.69 Å². The van der Waals surface area contributed by atoms with Crippen LogP contribution in [0.15, 0.2) is 47.6 Å². The molecule has 0 unspecified atom stereocenters. The van der Waals surface area contributed by atoms with Crippen LogP contribution in [-0.2, 0) is 32.4 Å². The van der Waals surface area contributed by atoms with Gasteiger partial charge < -0.3 is 10.6 Å². The molecule has 0 saturated carbocycles. The van der Waals surface area contributed by atoms with E-state index in [9.17, 15) is 18.0 Å². The van der Waals surface area contributed by atoms with E-state index in [4.69, 9.17) is 0 Å². The average Bonchev–Trinajstić information content (AvgIpc) is 2.90. The van der Waals surface area contributed by atoms with E-state index in [-0.39, 0.29) is 28.9 Å². The topological polar surface area (TPSA) is 105 Å². The van der Waals surface area contributed by atoms with Gasteiger partial charge in [-0.2, -0.15) is 0 Å². The van der Waals surface area contributed by atoms with Gasteiger partial charge in [-0.3, -0.25) is 14.6 Å². The standard InChI is InChI=1S/C21H25N3O4S/c25-20(23-15-16-9-11-22-12-10-16)5-1-2-13-29(27,28)18-7-8-19-17(14-18)4-3-6-21(26)24-19/h7-12,14H,1-6,13,15H2,(H,23,25)(H,24,26). The fourth-order valence-electron chi connectivity index (χ4n) is 3.23. The van der Waals surface area contributed by atoms with Crippen LogP contribution in [0.1, 0.15) is 43.2 Å². The molecule has 0 radical (unpaired) electrons. The zero-order valence-corrected chi connectivity index (χ0v) is 17.0. The summed E-state index contributed by atoms with van der Waals surface area (Å²) in [5.41, 5.74) is 2.51. The van der Waals surface area contributed by atoms with Crippen molar-refractivity contribution in [2.75, 3.05) is 11.1 Å². The third-order valence-electron chi connectivity index (χ3n) is 4.87. The Balaban J connectivity index is 1.47. The SMILES string of the molecule is O=C(CCCCS(=O)(=O)c1ccc2c(c1)CCCC(=O)N2)NCc1ccncc1. The summed E-state index contributed by atoms with van der Waals surface area (Å²) in [6.45, 7) is 0.436. The van der Waals surface area contributed by atoms with Crippen LogP contribution in [0.25, 0.3) is 0 Å². The number of carbonyl (C=O) groups excluding carboxylic acids is 2. The normalized spacial score (nSPS) is 13.9.